The van der Waals surface area contributed by atoms with Gasteiger partial charge in [0.25, 0.3) is 5.91 Å². The maximum absolute atomic E-state index is 12.5. The fourth-order valence-electron chi connectivity index (χ4n) is 2.67. The fourth-order valence-corrected chi connectivity index (χ4v) is 2.67. The number of carbonyl (C=O) groups excluding carboxylic acids is 1. The van der Waals surface area contributed by atoms with E-state index in [2.05, 4.69) is 31.2 Å². The lowest BCUT2D eigenvalue weighted by molar-refractivity contribution is 0.0954. The molecule has 0 unspecified atom stereocenters. The molecule has 0 spiro atoms. The molecular weight excluding hydrogens is 276 g/mol. The van der Waals surface area contributed by atoms with E-state index in [0.29, 0.717) is 5.92 Å². The zero-order valence-corrected chi connectivity index (χ0v) is 13.6. The highest BCUT2D eigenvalue weighted by Crippen LogP contribution is 2.40. The first-order valence-electron chi connectivity index (χ1n) is 8.28. The summed E-state index contributed by atoms with van der Waals surface area (Å²) in [5, 5.41) is 8.30. The first-order chi connectivity index (χ1) is 10.6. The molecule has 1 N–H and O–H groups in total. The summed E-state index contributed by atoms with van der Waals surface area (Å²) in [5.74, 6) is 0.508. The Balaban J connectivity index is 2.01. The Morgan fingerprint density at radius 3 is 2.86 bits per heavy atom. The lowest BCUT2D eigenvalue weighted by Crippen LogP contribution is -2.24. The molecule has 0 bridgehead atoms. The smallest absolute Gasteiger partial charge is 0.252 e. The fraction of sp³-hybridized carbons (Fsp3) is 0.588. The summed E-state index contributed by atoms with van der Waals surface area (Å²) in [5.41, 5.74) is 2.59. The van der Waals surface area contributed by atoms with Crippen LogP contribution in [-0.4, -0.2) is 27.2 Å². The average molecular weight is 300 g/mol. The maximum Gasteiger partial charge on any atom is 0.252 e. The van der Waals surface area contributed by atoms with E-state index < -0.39 is 0 Å². The first kappa shape index (κ1) is 15.0. The van der Waals surface area contributed by atoms with Gasteiger partial charge in [0.2, 0.25) is 0 Å². The van der Waals surface area contributed by atoms with E-state index in [1.165, 1.54) is 12.8 Å². The van der Waals surface area contributed by atoms with Crippen molar-refractivity contribution in [1.82, 2.24) is 20.1 Å². The second-order valence-electron chi connectivity index (χ2n) is 6.40. The van der Waals surface area contributed by atoms with Crippen molar-refractivity contribution in [2.24, 2.45) is 0 Å². The van der Waals surface area contributed by atoms with E-state index in [-0.39, 0.29) is 11.9 Å². The predicted molar refractivity (Wildman–Crippen MR) is 87.1 cm³/mol. The largest absolute Gasteiger partial charge is 0.352 e. The monoisotopic (exact) mass is 300 g/mol. The van der Waals surface area contributed by atoms with Crippen molar-refractivity contribution in [3.05, 3.63) is 23.5 Å². The SMILES string of the molecule is CCCCNC(=O)c1cc(C2CC2)nc2c1cnn2C(C)C. The Labute approximate surface area is 131 Å². The molecular formula is C17H24N4O. The van der Waals surface area contributed by atoms with Crippen molar-refractivity contribution in [3.8, 4) is 0 Å². The van der Waals surface area contributed by atoms with Crippen LogP contribution in [0.1, 0.15) is 74.5 Å². The average Bonchev–Trinajstić information content (AvgIpc) is 3.25. The number of hydrogen-bond donors (Lipinski definition) is 1. The molecule has 0 aliphatic heterocycles. The van der Waals surface area contributed by atoms with Gasteiger partial charge in [0.05, 0.1) is 17.1 Å². The molecule has 1 aliphatic carbocycles. The van der Waals surface area contributed by atoms with Crippen molar-refractivity contribution in [1.29, 1.82) is 0 Å². The molecule has 2 heterocycles. The molecule has 1 fully saturated rings. The summed E-state index contributed by atoms with van der Waals surface area (Å²) < 4.78 is 1.91. The number of rotatable bonds is 6. The third-order valence-electron chi connectivity index (χ3n) is 4.13. The third kappa shape index (κ3) is 2.85. The maximum atomic E-state index is 12.5. The topological polar surface area (TPSA) is 59.8 Å². The van der Waals surface area contributed by atoms with E-state index in [0.717, 1.165) is 41.7 Å². The molecule has 22 heavy (non-hydrogen) atoms. The van der Waals surface area contributed by atoms with Crippen LogP contribution < -0.4 is 5.32 Å². The standard InChI is InChI=1S/C17H24N4O/c1-4-5-8-18-17(22)13-9-15(12-6-7-12)20-16-14(13)10-19-21(16)11(2)3/h9-12H,4-8H2,1-3H3,(H,18,22). The van der Waals surface area contributed by atoms with Gasteiger partial charge in [-0.05, 0) is 39.2 Å². The Bertz CT molecular complexity index is 685. The number of carbonyl (C=O) groups is 1. The summed E-state index contributed by atoms with van der Waals surface area (Å²) in [6, 6.07) is 2.20. The number of hydrogen-bond acceptors (Lipinski definition) is 3. The molecule has 2 aromatic rings. The number of nitrogens with zero attached hydrogens (tertiary/aromatic N) is 3. The van der Waals surface area contributed by atoms with Crippen LogP contribution in [0, 0.1) is 0 Å². The molecule has 5 heteroatoms. The van der Waals surface area contributed by atoms with Crippen molar-refractivity contribution in [3.63, 3.8) is 0 Å². The number of pyridine rings is 1. The van der Waals surface area contributed by atoms with Crippen LogP contribution in [0.5, 0.6) is 0 Å². The summed E-state index contributed by atoms with van der Waals surface area (Å²) in [6.07, 6.45) is 6.19. The summed E-state index contributed by atoms with van der Waals surface area (Å²) >= 11 is 0. The van der Waals surface area contributed by atoms with Crippen LogP contribution in [0.4, 0.5) is 0 Å². The number of fused-ring (bicyclic) bond motifs is 1. The van der Waals surface area contributed by atoms with Crippen molar-refractivity contribution >= 4 is 16.9 Å². The second-order valence-corrected chi connectivity index (χ2v) is 6.40. The minimum absolute atomic E-state index is 0.00828. The lowest BCUT2D eigenvalue weighted by atomic mass is 10.1. The Hall–Kier alpha value is -1.91. The molecule has 0 saturated heterocycles. The van der Waals surface area contributed by atoms with Crippen LogP contribution in [0.25, 0.3) is 11.0 Å². The minimum Gasteiger partial charge on any atom is -0.352 e. The van der Waals surface area contributed by atoms with Crippen molar-refractivity contribution in [2.45, 2.75) is 58.4 Å². The Morgan fingerprint density at radius 1 is 1.45 bits per heavy atom. The Kier molecular flexibility index (Phi) is 4.14. The molecule has 0 atom stereocenters. The van der Waals surface area contributed by atoms with Crippen molar-refractivity contribution < 1.29 is 4.79 Å². The van der Waals surface area contributed by atoms with Crippen LogP contribution in [0.15, 0.2) is 12.3 Å². The first-order valence-corrected chi connectivity index (χ1v) is 8.28. The summed E-state index contributed by atoms with van der Waals surface area (Å²) in [6.45, 7) is 7.00. The van der Waals surface area contributed by atoms with Gasteiger partial charge in [-0.25, -0.2) is 9.67 Å². The van der Waals surface area contributed by atoms with Crippen LogP contribution in [-0.2, 0) is 0 Å². The van der Waals surface area contributed by atoms with E-state index in [1.54, 1.807) is 6.20 Å². The van der Waals surface area contributed by atoms with Gasteiger partial charge in [-0.3, -0.25) is 4.79 Å². The number of aromatic nitrogens is 3. The van der Waals surface area contributed by atoms with Gasteiger partial charge in [0.15, 0.2) is 5.65 Å². The lowest BCUT2D eigenvalue weighted by Gasteiger charge is -2.10. The summed E-state index contributed by atoms with van der Waals surface area (Å²) in [7, 11) is 0. The minimum atomic E-state index is -0.00828. The molecule has 3 rings (SSSR count). The normalized spacial score (nSPS) is 14.7. The zero-order chi connectivity index (χ0) is 15.7. The quantitative estimate of drug-likeness (QED) is 0.832. The highest BCUT2D eigenvalue weighted by molar-refractivity contribution is 6.05. The van der Waals surface area contributed by atoms with Gasteiger partial charge < -0.3 is 5.32 Å². The number of amides is 1. The number of nitrogens with one attached hydrogen (secondary N) is 1. The molecule has 118 valence electrons. The summed E-state index contributed by atoms with van der Waals surface area (Å²) in [4.78, 5) is 17.3. The molecule has 0 aromatic carbocycles. The Morgan fingerprint density at radius 2 is 2.23 bits per heavy atom. The molecule has 1 saturated carbocycles. The number of unbranched alkanes of at least 4 members (excludes halogenated alkanes) is 1. The molecule has 1 aliphatic rings. The molecule has 0 radical (unpaired) electrons. The third-order valence-corrected chi connectivity index (χ3v) is 4.13. The van der Waals surface area contributed by atoms with Gasteiger partial charge in [-0.15, -0.1) is 0 Å². The molecule has 1 amide bonds. The van der Waals surface area contributed by atoms with Gasteiger partial charge in [-0.2, -0.15) is 5.10 Å². The van der Waals surface area contributed by atoms with Gasteiger partial charge in [-0.1, -0.05) is 13.3 Å². The van der Waals surface area contributed by atoms with Gasteiger partial charge in [0.1, 0.15) is 0 Å². The van der Waals surface area contributed by atoms with Crippen molar-refractivity contribution in [2.75, 3.05) is 6.54 Å². The van der Waals surface area contributed by atoms with Crippen LogP contribution in [0.3, 0.4) is 0 Å². The van der Waals surface area contributed by atoms with E-state index in [4.69, 9.17) is 4.98 Å². The van der Waals surface area contributed by atoms with E-state index >= 15 is 0 Å². The van der Waals surface area contributed by atoms with Gasteiger partial charge in [0, 0.05) is 24.2 Å². The predicted octanol–water partition coefficient (Wildman–Crippen LogP) is 3.42. The van der Waals surface area contributed by atoms with Crippen LogP contribution in [0.2, 0.25) is 0 Å². The molecule has 2 aromatic heterocycles. The van der Waals surface area contributed by atoms with E-state index in [1.807, 2.05) is 10.7 Å². The van der Waals surface area contributed by atoms with E-state index in [9.17, 15) is 4.79 Å². The second kappa shape index (κ2) is 6.07. The van der Waals surface area contributed by atoms with Crippen LogP contribution >= 0.6 is 0 Å². The van der Waals surface area contributed by atoms with Gasteiger partial charge >= 0.3 is 0 Å². The molecule has 5 nitrogen and oxygen atoms in total. The zero-order valence-electron chi connectivity index (χ0n) is 13.6. The highest BCUT2D eigenvalue weighted by Gasteiger charge is 2.28. The highest BCUT2D eigenvalue weighted by atomic mass is 16.1.